The molecule has 0 unspecified atom stereocenters. The van der Waals surface area contributed by atoms with E-state index < -0.39 is 0 Å². The predicted molar refractivity (Wildman–Crippen MR) is 88.5 cm³/mol. The molecule has 2 amide bonds. The predicted octanol–water partition coefficient (Wildman–Crippen LogP) is 2.74. The fraction of sp³-hybridized carbons (Fsp3) is 0.188. The Balaban J connectivity index is 1.88. The number of rotatable bonds is 5. The van der Waals surface area contributed by atoms with Gasteiger partial charge in [-0.2, -0.15) is 0 Å². The molecule has 6 heteroatoms. The minimum Gasteiger partial charge on any atom is -0.348 e. The zero-order valence-corrected chi connectivity index (χ0v) is 13.2. The molecule has 0 aliphatic rings. The maximum atomic E-state index is 11.8. The van der Waals surface area contributed by atoms with Crippen LogP contribution in [0.15, 0.2) is 35.7 Å². The van der Waals surface area contributed by atoms with Gasteiger partial charge in [-0.1, -0.05) is 12.1 Å². The molecule has 0 radical (unpaired) electrons. The van der Waals surface area contributed by atoms with Gasteiger partial charge >= 0.3 is 0 Å². The number of carbonyl (C=O) groups is 2. The summed E-state index contributed by atoms with van der Waals surface area (Å²) < 4.78 is 0. The van der Waals surface area contributed by atoms with E-state index in [1.54, 1.807) is 23.5 Å². The van der Waals surface area contributed by atoms with E-state index in [0.29, 0.717) is 12.2 Å². The standard InChI is InChI=1S/C16H17N3O2S/c1-11(20)18-14-5-3-4-13(8-14)9-17-16(21)7-6-15-10-22-12(2)19-15/h3-8,10H,9H2,1-2H3,(H,17,21)(H,18,20)/b7-6-. The number of nitrogens with one attached hydrogen (secondary N) is 2. The molecule has 22 heavy (non-hydrogen) atoms. The van der Waals surface area contributed by atoms with Gasteiger partial charge in [0.05, 0.1) is 10.7 Å². The van der Waals surface area contributed by atoms with Crippen molar-refractivity contribution < 1.29 is 9.59 Å². The fourth-order valence-electron chi connectivity index (χ4n) is 1.83. The van der Waals surface area contributed by atoms with Gasteiger partial charge in [-0.15, -0.1) is 11.3 Å². The van der Waals surface area contributed by atoms with Gasteiger partial charge in [0.1, 0.15) is 0 Å². The Morgan fingerprint density at radius 3 is 2.86 bits per heavy atom. The van der Waals surface area contributed by atoms with Crippen molar-refractivity contribution in [1.29, 1.82) is 0 Å². The summed E-state index contributed by atoms with van der Waals surface area (Å²) in [5.41, 5.74) is 2.41. The molecular weight excluding hydrogens is 298 g/mol. The van der Waals surface area contributed by atoms with Crippen molar-refractivity contribution in [1.82, 2.24) is 10.3 Å². The molecule has 1 aromatic carbocycles. The molecular formula is C16H17N3O2S. The highest BCUT2D eigenvalue weighted by atomic mass is 32.1. The van der Waals surface area contributed by atoms with Gasteiger partial charge in [0, 0.05) is 30.6 Å². The monoisotopic (exact) mass is 315 g/mol. The highest BCUT2D eigenvalue weighted by Crippen LogP contribution is 2.11. The number of nitrogens with zero attached hydrogens (tertiary/aromatic N) is 1. The average Bonchev–Trinajstić information content (AvgIpc) is 2.88. The van der Waals surface area contributed by atoms with Gasteiger partial charge in [-0.05, 0) is 30.7 Å². The Morgan fingerprint density at radius 2 is 2.18 bits per heavy atom. The Morgan fingerprint density at radius 1 is 1.36 bits per heavy atom. The van der Waals surface area contributed by atoms with Gasteiger partial charge in [0.25, 0.3) is 0 Å². The number of benzene rings is 1. The summed E-state index contributed by atoms with van der Waals surface area (Å²) >= 11 is 1.54. The van der Waals surface area contributed by atoms with Crippen LogP contribution in [0.3, 0.4) is 0 Å². The summed E-state index contributed by atoms with van der Waals surface area (Å²) in [5.74, 6) is -0.307. The molecule has 0 aliphatic heterocycles. The van der Waals surface area contributed by atoms with Crippen LogP contribution >= 0.6 is 11.3 Å². The van der Waals surface area contributed by atoms with E-state index in [9.17, 15) is 9.59 Å². The second kappa shape index (κ2) is 7.51. The van der Waals surface area contributed by atoms with E-state index in [0.717, 1.165) is 16.3 Å². The summed E-state index contributed by atoms with van der Waals surface area (Å²) in [6.07, 6.45) is 3.15. The first-order valence-electron chi connectivity index (χ1n) is 6.77. The second-order valence-electron chi connectivity index (χ2n) is 4.72. The van der Waals surface area contributed by atoms with Crippen molar-refractivity contribution in [3.8, 4) is 0 Å². The first kappa shape index (κ1) is 15.9. The van der Waals surface area contributed by atoms with Crippen LogP contribution in [0.2, 0.25) is 0 Å². The van der Waals surface area contributed by atoms with Crippen LogP contribution in [0, 0.1) is 6.92 Å². The Labute approximate surface area is 133 Å². The van der Waals surface area contributed by atoms with Crippen molar-refractivity contribution in [2.75, 3.05) is 5.32 Å². The smallest absolute Gasteiger partial charge is 0.244 e. The average molecular weight is 315 g/mol. The third-order valence-corrected chi connectivity index (χ3v) is 3.55. The van der Waals surface area contributed by atoms with E-state index in [1.165, 1.54) is 13.0 Å². The van der Waals surface area contributed by atoms with E-state index in [2.05, 4.69) is 15.6 Å². The molecule has 0 fully saturated rings. The van der Waals surface area contributed by atoms with Crippen molar-refractivity contribution >= 4 is 34.9 Å². The Hall–Kier alpha value is -2.47. The molecule has 2 rings (SSSR count). The van der Waals surface area contributed by atoms with Gasteiger partial charge in [0.15, 0.2) is 0 Å². The summed E-state index contributed by atoms with van der Waals surface area (Å²) in [5, 5.41) is 8.37. The minimum absolute atomic E-state index is 0.123. The maximum absolute atomic E-state index is 11.8. The molecule has 0 bridgehead atoms. The molecule has 1 aromatic heterocycles. The normalized spacial score (nSPS) is 10.6. The Bertz CT molecular complexity index is 707. The lowest BCUT2D eigenvalue weighted by atomic mass is 10.2. The van der Waals surface area contributed by atoms with Gasteiger partial charge < -0.3 is 10.6 Å². The lowest BCUT2D eigenvalue weighted by molar-refractivity contribution is -0.116. The van der Waals surface area contributed by atoms with E-state index in [1.807, 2.05) is 30.5 Å². The summed E-state index contributed by atoms with van der Waals surface area (Å²) in [6.45, 7) is 3.77. The number of anilines is 1. The Kier molecular flexibility index (Phi) is 5.43. The summed E-state index contributed by atoms with van der Waals surface area (Å²) in [7, 11) is 0. The topological polar surface area (TPSA) is 71.1 Å². The van der Waals surface area contributed by atoms with Gasteiger partial charge in [-0.3, -0.25) is 9.59 Å². The quantitative estimate of drug-likeness (QED) is 0.833. The molecule has 0 atom stereocenters. The van der Waals surface area contributed by atoms with Crippen LogP contribution in [0.1, 0.15) is 23.2 Å². The third kappa shape index (κ3) is 5.14. The molecule has 1 heterocycles. The van der Waals surface area contributed by atoms with E-state index in [4.69, 9.17) is 0 Å². The summed E-state index contributed by atoms with van der Waals surface area (Å²) in [6, 6.07) is 7.35. The number of thiazole rings is 1. The lowest BCUT2D eigenvalue weighted by Crippen LogP contribution is -2.20. The van der Waals surface area contributed by atoms with Gasteiger partial charge in [-0.25, -0.2) is 4.98 Å². The second-order valence-corrected chi connectivity index (χ2v) is 5.79. The fourth-order valence-corrected chi connectivity index (χ4v) is 2.41. The molecule has 0 spiro atoms. The molecule has 5 nitrogen and oxygen atoms in total. The van der Waals surface area contributed by atoms with Crippen LogP contribution in [0.5, 0.6) is 0 Å². The van der Waals surface area contributed by atoms with Crippen LogP contribution < -0.4 is 10.6 Å². The van der Waals surface area contributed by atoms with E-state index >= 15 is 0 Å². The molecule has 0 saturated carbocycles. The number of hydrogen-bond acceptors (Lipinski definition) is 4. The molecule has 0 saturated heterocycles. The lowest BCUT2D eigenvalue weighted by Gasteiger charge is -2.06. The molecule has 2 N–H and O–H groups in total. The highest BCUT2D eigenvalue weighted by Gasteiger charge is 2.00. The minimum atomic E-state index is -0.185. The van der Waals surface area contributed by atoms with Crippen molar-refractivity contribution in [3.63, 3.8) is 0 Å². The molecule has 2 aromatic rings. The van der Waals surface area contributed by atoms with Crippen LogP contribution in [0.4, 0.5) is 5.69 Å². The number of aromatic nitrogens is 1. The van der Waals surface area contributed by atoms with Crippen LogP contribution in [0.25, 0.3) is 6.08 Å². The summed E-state index contributed by atoms with van der Waals surface area (Å²) in [4.78, 5) is 27.0. The van der Waals surface area contributed by atoms with Crippen molar-refractivity contribution in [2.24, 2.45) is 0 Å². The SMILES string of the molecule is CC(=O)Nc1cccc(CNC(=O)/C=C\c2csc(C)n2)c1. The highest BCUT2D eigenvalue weighted by molar-refractivity contribution is 7.09. The third-order valence-electron chi connectivity index (χ3n) is 2.76. The van der Waals surface area contributed by atoms with Crippen molar-refractivity contribution in [2.45, 2.75) is 20.4 Å². The molecule has 114 valence electrons. The maximum Gasteiger partial charge on any atom is 0.244 e. The van der Waals surface area contributed by atoms with Gasteiger partial charge in [0.2, 0.25) is 11.8 Å². The van der Waals surface area contributed by atoms with E-state index in [-0.39, 0.29) is 11.8 Å². The van der Waals surface area contributed by atoms with Crippen molar-refractivity contribution in [3.05, 3.63) is 52.0 Å². The molecule has 0 aliphatic carbocycles. The zero-order valence-electron chi connectivity index (χ0n) is 12.4. The number of amides is 2. The number of carbonyl (C=O) groups excluding carboxylic acids is 2. The first-order chi connectivity index (χ1) is 10.5. The number of aryl methyl sites for hydroxylation is 1. The zero-order chi connectivity index (χ0) is 15.9. The first-order valence-corrected chi connectivity index (χ1v) is 7.65. The van der Waals surface area contributed by atoms with Crippen LogP contribution in [-0.2, 0) is 16.1 Å². The number of hydrogen-bond donors (Lipinski definition) is 2. The van der Waals surface area contributed by atoms with Crippen LogP contribution in [-0.4, -0.2) is 16.8 Å². The largest absolute Gasteiger partial charge is 0.348 e.